The lowest BCUT2D eigenvalue weighted by atomic mass is 9.84. The SMILES string of the molecule is CCC(N)CC(=O)N(C(=O)C(=O)NS(=O)(=O)c1ccc(C#N)cc1)C(=O)[C@H](CC1CCCCC1)NC(=O)[C@@H](NC(=O)[C@H](CC(C)C)NC(=O)c1cnccn1)[C@@H](C)CC. The highest BCUT2D eigenvalue weighted by Gasteiger charge is 2.41. The zero-order chi connectivity index (χ0) is 43.9. The fourth-order valence-electron chi connectivity index (χ4n) is 6.53. The second-order valence-corrected chi connectivity index (χ2v) is 16.9. The van der Waals surface area contributed by atoms with Gasteiger partial charge in [0.25, 0.3) is 21.8 Å². The van der Waals surface area contributed by atoms with Gasteiger partial charge in [0.15, 0.2) is 0 Å². The van der Waals surface area contributed by atoms with Gasteiger partial charge < -0.3 is 21.7 Å². The Morgan fingerprint density at radius 1 is 0.898 bits per heavy atom. The van der Waals surface area contributed by atoms with Crippen molar-refractivity contribution in [3.05, 3.63) is 54.1 Å². The molecule has 0 bridgehead atoms. The van der Waals surface area contributed by atoms with Gasteiger partial charge in [-0.15, -0.1) is 0 Å². The summed E-state index contributed by atoms with van der Waals surface area (Å²) >= 11 is 0. The summed E-state index contributed by atoms with van der Waals surface area (Å²) in [5.41, 5.74) is 6.12. The van der Waals surface area contributed by atoms with Crippen molar-refractivity contribution in [1.29, 1.82) is 5.26 Å². The summed E-state index contributed by atoms with van der Waals surface area (Å²) in [5, 5.41) is 17.1. The van der Waals surface area contributed by atoms with Gasteiger partial charge in [-0.1, -0.05) is 73.1 Å². The minimum Gasteiger partial charge on any atom is -0.342 e. The van der Waals surface area contributed by atoms with Crippen molar-refractivity contribution in [2.45, 2.75) is 128 Å². The number of aromatic nitrogens is 2. The maximum Gasteiger partial charge on any atom is 0.326 e. The number of nitrogens with two attached hydrogens (primary N) is 1. The molecule has 6 N–H and O–H groups in total. The van der Waals surface area contributed by atoms with E-state index in [-0.39, 0.29) is 47.3 Å². The van der Waals surface area contributed by atoms with E-state index in [0.717, 1.165) is 31.4 Å². The Bertz CT molecular complexity index is 1970. The summed E-state index contributed by atoms with van der Waals surface area (Å²) in [7, 11) is -4.72. The van der Waals surface area contributed by atoms with Gasteiger partial charge in [0.05, 0.1) is 22.7 Å². The Labute approximate surface area is 344 Å². The van der Waals surface area contributed by atoms with Crippen LogP contribution in [0, 0.1) is 29.1 Å². The molecule has 1 heterocycles. The molecule has 5 atom stereocenters. The van der Waals surface area contributed by atoms with Gasteiger partial charge in [-0.2, -0.15) is 5.26 Å². The zero-order valence-electron chi connectivity index (χ0n) is 34.1. The van der Waals surface area contributed by atoms with Crippen LogP contribution in [0.15, 0.2) is 47.8 Å². The predicted octanol–water partition coefficient (Wildman–Crippen LogP) is 1.99. The maximum atomic E-state index is 14.5. The molecule has 1 aromatic carbocycles. The summed E-state index contributed by atoms with van der Waals surface area (Å²) in [6.45, 7) is 8.83. The summed E-state index contributed by atoms with van der Waals surface area (Å²) < 4.78 is 27.7. The highest BCUT2D eigenvalue weighted by atomic mass is 32.2. The molecule has 1 aromatic heterocycles. The molecule has 0 aliphatic heterocycles. The molecule has 3 rings (SSSR count). The monoisotopic (exact) mass is 837 g/mol. The van der Waals surface area contributed by atoms with Crippen LogP contribution < -0.4 is 26.4 Å². The van der Waals surface area contributed by atoms with Gasteiger partial charge in [-0.3, -0.25) is 38.5 Å². The third kappa shape index (κ3) is 14.0. The lowest BCUT2D eigenvalue weighted by Gasteiger charge is -2.32. The van der Waals surface area contributed by atoms with Crippen LogP contribution in [0.3, 0.4) is 0 Å². The smallest absolute Gasteiger partial charge is 0.326 e. The molecule has 7 amide bonds. The van der Waals surface area contributed by atoms with E-state index in [1.807, 2.05) is 19.9 Å². The summed E-state index contributed by atoms with van der Waals surface area (Å²) in [6.07, 6.45) is 8.09. The lowest BCUT2D eigenvalue weighted by Crippen LogP contribution is -2.61. The van der Waals surface area contributed by atoms with Crippen molar-refractivity contribution in [3.8, 4) is 6.07 Å². The minimum absolute atomic E-state index is 0.0246. The number of rotatable bonds is 18. The van der Waals surface area contributed by atoms with Crippen LogP contribution in [-0.2, 0) is 38.8 Å². The van der Waals surface area contributed by atoms with Crippen LogP contribution in [0.2, 0.25) is 0 Å². The first-order valence-electron chi connectivity index (χ1n) is 19.8. The van der Waals surface area contributed by atoms with Gasteiger partial charge in [-0.05, 0) is 61.3 Å². The number of nitrogens with zero attached hydrogens (tertiary/aromatic N) is 4. The topological polar surface area (TPSA) is 281 Å². The van der Waals surface area contributed by atoms with Crippen LogP contribution >= 0.6 is 0 Å². The van der Waals surface area contributed by atoms with Crippen LogP contribution in [0.1, 0.15) is 115 Å². The average Bonchev–Trinajstić information content (AvgIpc) is 3.22. The largest absolute Gasteiger partial charge is 0.342 e. The zero-order valence-corrected chi connectivity index (χ0v) is 34.9. The van der Waals surface area contributed by atoms with E-state index < -0.39 is 92.8 Å². The van der Waals surface area contributed by atoms with Crippen molar-refractivity contribution in [2.75, 3.05) is 0 Å². The number of hydrogen-bond donors (Lipinski definition) is 5. The Balaban J connectivity index is 1.98. The predicted molar refractivity (Wildman–Crippen MR) is 213 cm³/mol. The maximum absolute atomic E-state index is 14.5. The number of carbonyl (C=O) groups is 7. The Kier molecular flexibility index (Phi) is 18.2. The second-order valence-electron chi connectivity index (χ2n) is 15.2. The molecule has 0 spiro atoms. The van der Waals surface area contributed by atoms with E-state index in [0.29, 0.717) is 19.3 Å². The molecule has 1 aliphatic carbocycles. The number of nitrogens with one attached hydrogen (secondary N) is 4. The standard InChI is InChI=1S/C40H55N9O9S/c1-6-25(5)34(47-35(51)30(19-24(3)4)45-36(52)32-23-43-17-18-44-32)37(53)46-31(20-26-11-9-8-10-12-26)39(55)49(33(50)21-28(42)7-2)40(56)38(54)48-59(57,58)29-15-13-27(22-41)14-16-29/h13-18,23-26,28,30-31,34H,6-12,19-21,42H2,1-5H3,(H,45,52)(H,46,53)(H,47,51)(H,48,54)/t25-,28?,30-,31-,34-/m0/s1. The van der Waals surface area contributed by atoms with Crippen molar-refractivity contribution < 1.29 is 42.0 Å². The molecule has 18 nitrogen and oxygen atoms in total. The number of sulfonamides is 1. The van der Waals surface area contributed by atoms with Crippen molar-refractivity contribution in [3.63, 3.8) is 0 Å². The highest BCUT2D eigenvalue weighted by Crippen LogP contribution is 2.28. The lowest BCUT2D eigenvalue weighted by molar-refractivity contribution is -0.160. The number of imide groups is 3. The molecular formula is C40H55N9O9S. The van der Waals surface area contributed by atoms with Gasteiger partial charge in [0.1, 0.15) is 23.8 Å². The molecule has 320 valence electrons. The first-order valence-corrected chi connectivity index (χ1v) is 21.3. The second kappa shape index (κ2) is 22.5. The van der Waals surface area contributed by atoms with E-state index in [1.165, 1.54) is 30.7 Å². The van der Waals surface area contributed by atoms with E-state index >= 15 is 0 Å². The third-order valence-electron chi connectivity index (χ3n) is 10.2. The van der Waals surface area contributed by atoms with E-state index in [1.54, 1.807) is 25.5 Å². The molecular weight excluding hydrogens is 783 g/mol. The Morgan fingerprint density at radius 3 is 2.12 bits per heavy atom. The number of amides is 7. The normalized spacial score (nSPS) is 15.6. The van der Waals surface area contributed by atoms with Gasteiger partial charge >= 0.3 is 11.8 Å². The highest BCUT2D eigenvalue weighted by molar-refractivity contribution is 7.90. The van der Waals surface area contributed by atoms with Gasteiger partial charge in [0, 0.05) is 24.9 Å². The molecule has 0 radical (unpaired) electrons. The number of hydrogen-bond acceptors (Lipinski definition) is 13. The van der Waals surface area contributed by atoms with Gasteiger partial charge in [-0.25, -0.2) is 23.0 Å². The molecule has 19 heteroatoms. The molecule has 1 fully saturated rings. The number of nitriles is 1. The first-order chi connectivity index (χ1) is 27.9. The van der Waals surface area contributed by atoms with Crippen molar-refractivity contribution in [2.24, 2.45) is 23.5 Å². The summed E-state index contributed by atoms with van der Waals surface area (Å²) in [6, 6.07) is 1.46. The van der Waals surface area contributed by atoms with Crippen molar-refractivity contribution >= 4 is 51.4 Å². The molecule has 1 saturated carbocycles. The van der Waals surface area contributed by atoms with Crippen LogP contribution in [0.5, 0.6) is 0 Å². The number of benzene rings is 1. The fraction of sp³-hybridized carbons (Fsp3) is 0.550. The molecule has 1 unspecified atom stereocenters. The van der Waals surface area contributed by atoms with E-state index in [9.17, 15) is 42.0 Å². The molecule has 0 saturated heterocycles. The number of carbonyl (C=O) groups excluding carboxylic acids is 7. The van der Waals surface area contributed by atoms with Crippen LogP contribution in [-0.4, -0.2) is 88.8 Å². The summed E-state index contributed by atoms with van der Waals surface area (Å²) in [4.78, 5) is 104. The molecule has 59 heavy (non-hydrogen) atoms. The molecule has 1 aliphatic rings. The Morgan fingerprint density at radius 2 is 1.56 bits per heavy atom. The summed E-state index contributed by atoms with van der Waals surface area (Å²) in [5.74, 6) is -9.03. The van der Waals surface area contributed by atoms with Gasteiger partial charge in [0.2, 0.25) is 17.7 Å². The quantitative estimate of drug-likeness (QED) is 0.135. The van der Waals surface area contributed by atoms with E-state index in [4.69, 9.17) is 11.0 Å². The average molecular weight is 838 g/mol. The molecule has 2 aromatic rings. The fourth-order valence-corrected chi connectivity index (χ4v) is 7.48. The minimum atomic E-state index is -4.72. The van der Waals surface area contributed by atoms with Crippen LogP contribution in [0.25, 0.3) is 0 Å². The third-order valence-corrected chi connectivity index (χ3v) is 11.5. The van der Waals surface area contributed by atoms with Crippen LogP contribution in [0.4, 0.5) is 0 Å². The first kappa shape index (κ1) is 47.8. The van der Waals surface area contributed by atoms with Crippen molar-refractivity contribution in [1.82, 2.24) is 35.5 Å². The Hall–Kier alpha value is -5.61. The van der Waals surface area contributed by atoms with E-state index in [2.05, 4.69) is 25.9 Å².